The maximum atomic E-state index is 12.3. The number of hydrogen-bond donors (Lipinski definition) is 2. The second-order valence-electron chi connectivity index (χ2n) is 6.70. The number of carbonyl (C=O) groups excluding carboxylic acids is 1. The van der Waals surface area contributed by atoms with Gasteiger partial charge in [-0.25, -0.2) is 4.98 Å². The van der Waals surface area contributed by atoms with Gasteiger partial charge in [-0.15, -0.1) is 0 Å². The Hall–Kier alpha value is -2.47. The molecule has 0 radical (unpaired) electrons. The molecule has 0 bridgehead atoms. The van der Waals surface area contributed by atoms with Crippen molar-refractivity contribution < 1.29 is 9.90 Å². The van der Waals surface area contributed by atoms with Gasteiger partial charge >= 0.3 is 0 Å². The molecule has 2 heterocycles. The summed E-state index contributed by atoms with van der Waals surface area (Å²) >= 11 is 0. The first-order chi connectivity index (χ1) is 12.0. The molecule has 0 saturated carbocycles. The molecule has 25 heavy (non-hydrogen) atoms. The fourth-order valence-corrected chi connectivity index (χ4v) is 3.17. The number of hydrogen-bond acceptors (Lipinski definition) is 5. The highest BCUT2D eigenvalue weighted by atomic mass is 16.3. The van der Waals surface area contributed by atoms with Gasteiger partial charge in [-0.05, 0) is 57.0 Å². The molecule has 1 fully saturated rings. The van der Waals surface area contributed by atoms with Gasteiger partial charge in [0, 0.05) is 30.4 Å². The highest BCUT2D eigenvalue weighted by Gasteiger charge is 2.25. The number of rotatable bonds is 4. The van der Waals surface area contributed by atoms with Crippen LogP contribution in [0.3, 0.4) is 0 Å². The Morgan fingerprint density at radius 1 is 1.24 bits per heavy atom. The molecule has 0 atom stereocenters. The van der Waals surface area contributed by atoms with Gasteiger partial charge in [-0.2, -0.15) is 0 Å². The molecule has 0 spiro atoms. The first-order valence-electron chi connectivity index (χ1n) is 8.61. The number of nitrogens with zero attached hydrogens (tertiary/aromatic N) is 3. The van der Waals surface area contributed by atoms with Gasteiger partial charge in [-0.3, -0.25) is 14.7 Å². The van der Waals surface area contributed by atoms with Crippen LogP contribution in [0.1, 0.15) is 29.5 Å². The third-order valence-electron chi connectivity index (χ3n) is 4.86. The van der Waals surface area contributed by atoms with E-state index in [1.54, 1.807) is 18.6 Å². The zero-order valence-electron chi connectivity index (χ0n) is 14.7. The number of aromatic hydroxyl groups is 1. The number of amides is 1. The zero-order valence-corrected chi connectivity index (χ0v) is 14.7. The van der Waals surface area contributed by atoms with Crippen LogP contribution in [0.25, 0.3) is 0 Å². The standard InChI is InChI=1S/C19H24N4O2/c1-13-9-16(17(24)10-14(13)2)12-23-7-3-15(4-8-23)19(25)22-18-11-20-5-6-21-18/h5-6,9-11,15,24H,3-4,7-8,12H2,1-2H3,(H,21,22,25). The summed E-state index contributed by atoms with van der Waals surface area (Å²) in [5, 5.41) is 13.0. The number of anilines is 1. The quantitative estimate of drug-likeness (QED) is 0.894. The van der Waals surface area contributed by atoms with E-state index in [1.165, 1.54) is 5.56 Å². The van der Waals surface area contributed by atoms with Crippen LogP contribution in [-0.4, -0.2) is 39.0 Å². The summed E-state index contributed by atoms with van der Waals surface area (Å²) in [7, 11) is 0. The van der Waals surface area contributed by atoms with Crippen LogP contribution >= 0.6 is 0 Å². The van der Waals surface area contributed by atoms with Crippen molar-refractivity contribution in [3.05, 3.63) is 47.4 Å². The SMILES string of the molecule is Cc1cc(O)c(CN2CCC(C(=O)Nc3cnccn3)CC2)cc1C. The first-order valence-corrected chi connectivity index (χ1v) is 8.61. The molecule has 0 aliphatic carbocycles. The predicted octanol–water partition coefficient (Wildman–Crippen LogP) is 2.65. The number of likely N-dealkylation sites (tertiary alicyclic amines) is 1. The van der Waals surface area contributed by atoms with E-state index >= 15 is 0 Å². The molecule has 1 aromatic carbocycles. The van der Waals surface area contributed by atoms with E-state index in [2.05, 4.69) is 33.2 Å². The summed E-state index contributed by atoms with van der Waals surface area (Å²) in [5.41, 5.74) is 3.23. The normalized spacial score (nSPS) is 15.9. The van der Waals surface area contributed by atoms with Gasteiger partial charge in [0.25, 0.3) is 0 Å². The van der Waals surface area contributed by atoms with E-state index in [1.807, 2.05) is 13.0 Å². The van der Waals surface area contributed by atoms with E-state index in [9.17, 15) is 9.90 Å². The number of carbonyl (C=O) groups is 1. The molecule has 1 saturated heterocycles. The maximum Gasteiger partial charge on any atom is 0.228 e. The van der Waals surface area contributed by atoms with Crippen LogP contribution in [0.5, 0.6) is 5.75 Å². The van der Waals surface area contributed by atoms with Crippen molar-refractivity contribution in [2.75, 3.05) is 18.4 Å². The van der Waals surface area contributed by atoms with Gasteiger partial charge in [0.2, 0.25) is 5.91 Å². The number of aromatic nitrogens is 2. The minimum absolute atomic E-state index is 0.00777. The van der Waals surface area contributed by atoms with Crippen molar-refractivity contribution in [3.63, 3.8) is 0 Å². The summed E-state index contributed by atoms with van der Waals surface area (Å²) in [6, 6.07) is 3.88. The molecule has 2 N–H and O–H groups in total. The average Bonchev–Trinajstić information content (AvgIpc) is 2.61. The van der Waals surface area contributed by atoms with Crippen molar-refractivity contribution in [3.8, 4) is 5.75 Å². The molecule has 1 amide bonds. The molecule has 1 aliphatic heterocycles. The fourth-order valence-electron chi connectivity index (χ4n) is 3.17. The number of benzene rings is 1. The van der Waals surface area contributed by atoms with Crippen LogP contribution < -0.4 is 5.32 Å². The third kappa shape index (κ3) is 4.33. The van der Waals surface area contributed by atoms with E-state index in [-0.39, 0.29) is 11.8 Å². The highest BCUT2D eigenvalue weighted by molar-refractivity contribution is 5.91. The molecular formula is C19H24N4O2. The van der Waals surface area contributed by atoms with Gasteiger partial charge in [0.1, 0.15) is 5.75 Å². The van der Waals surface area contributed by atoms with Crippen molar-refractivity contribution in [2.24, 2.45) is 5.92 Å². The lowest BCUT2D eigenvalue weighted by atomic mass is 9.95. The van der Waals surface area contributed by atoms with Gasteiger partial charge < -0.3 is 10.4 Å². The Kier molecular flexibility index (Phi) is 5.28. The molecule has 0 unspecified atom stereocenters. The van der Waals surface area contributed by atoms with Crippen LogP contribution in [0.15, 0.2) is 30.7 Å². The summed E-state index contributed by atoms with van der Waals surface area (Å²) in [4.78, 5) is 22.6. The lowest BCUT2D eigenvalue weighted by Crippen LogP contribution is -2.37. The maximum absolute atomic E-state index is 12.3. The van der Waals surface area contributed by atoms with Crippen molar-refractivity contribution in [1.82, 2.24) is 14.9 Å². The van der Waals surface area contributed by atoms with E-state index < -0.39 is 0 Å². The smallest absolute Gasteiger partial charge is 0.228 e. The number of phenols is 1. The molecule has 1 aromatic heterocycles. The molecule has 3 rings (SSSR count). The Labute approximate surface area is 147 Å². The Bertz CT molecular complexity index is 741. The lowest BCUT2D eigenvalue weighted by molar-refractivity contribution is -0.121. The molecule has 6 nitrogen and oxygen atoms in total. The molecule has 2 aromatic rings. The number of piperidine rings is 1. The minimum atomic E-state index is -0.00777. The van der Waals surface area contributed by atoms with Crippen molar-refractivity contribution in [2.45, 2.75) is 33.2 Å². The summed E-state index contributed by atoms with van der Waals surface area (Å²) in [5.74, 6) is 0.849. The van der Waals surface area contributed by atoms with Crippen molar-refractivity contribution in [1.29, 1.82) is 0 Å². The number of nitrogens with one attached hydrogen (secondary N) is 1. The zero-order chi connectivity index (χ0) is 17.8. The van der Waals surface area contributed by atoms with E-state index in [0.29, 0.717) is 18.1 Å². The second-order valence-corrected chi connectivity index (χ2v) is 6.70. The summed E-state index contributed by atoms with van der Waals surface area (Å²) in [6.45, 7) is 6.45. The minimum Gasteiger partial charge on any atom is -0.508 e. The van der Waals surface area contributed by atoms with Crippen LogP contribution in [0, 0.1) is 19.8 Å². The summed E-state index contributed by atoms with van der Waals surface area (Å²) in [6.07, 6.45) is 6.30. The first kappa shape index (κ1) is 17.4. The monoisotopic (exact) mass is 340 g/mol. The Morgan fingerprint density at radius 3 is 2.64 bits per heavy atom. The topological polar surface area (TPSA) is 78.4 Å². The fraction of sp³-hybridized carbons (Fsp3) is 0.421. The molecular weight excluding hydrogens is 316 g/mol. The molecule has 1 aliphatic rings. The Balaban J connectivity index is 1.53. The Morgan fingerprint density at radius 2 is 1.96 bits per heavy atom. The second kappa shape index (κ2) is 7.61. The van der Waals surface area contributed by atoms with Crippen LogP contribution in [0.2, 0.25) is 0 Å². The average molecular weight is 340 g/mol. The van der Waals surface area contributed by atoms with Gasteiger partial charge in [-0.1, -0.05) is 6.07 Å². The van der Waals surface area contributed by atoms with E-state index in [4.69, 9.17) is 0 Å². The number of phenolic OH excluding ortho intramolecular Hbond substituents is 1. The van der Waals surface area contributed by atoms with Crippen LogP contribution in [-0.2, 0) is 11.3 Å². The molecule has 132 valence electrons. The van der Waals surface area contributed by atoms with Crippen molar-refractivity contribution >= 4 is 11.7 Å². The number of aryl methyl sites for hydroxylation is 2. The highest BCUT2D eigenvalue weighted by Crippen LogP contribution is 2.26. The largest absolute Gasteiger partial charge is 0.508 e. The summed E-state index contributed by atoms with van der Waals surface area (Å²) < 4.78 is 0. The predicted molar refractivity (Wildman–Crippen MR) is 96.2 cm³/mol. The van der Waals surface area contributed by atoms with E-state index in [0.717, 1.165) is 37.1 Å². The molecule has 6 heteroatoms. The van der Waals surface area contributed by atoms with Gasteiger partial charge in [0.15, 0.2) is 5.82 Å². The van der Waals surface area contributed by atoms with Gasteiger partial charge in [0.05, 0.1) is 6.20 Å². The third-order valence-corrected chi connectivity index (χ3v) is 4.86. The van der Waals surface area contributed by atoms with Crippen LogP contribution in [0.4, 0.5) is 5.82 Å². The lowest BCUT2D eigenvalue weighted by Gasteiger charge is -2.31.